The van der Waals surface area contributed by atoms with E-state index in [2.05, 4.69) is 15.2 Å². The van der Waals surface area contributed by atoms with Crippen molar-refractivity contribution in [2.24, 2.45) is 10.2 Å². The standard InChI is InChI=1S/C16H14N4O3/c1-9-3-6-13-17-14(16(22)23)15(20(13)8-9)19-18-12-5-4-11(21)7-10(12)2/h3-8,21H,1-2H3,(H,22,23). The van der Waals surface area contributed by atoms with Crippen LogP contribution in [-0.4, -0.2) is 25.6 Å². The molecule has 0 aliphatic heterocycles. The van der Waals surface area contributed by atoms with E-state index in [0.717, 1.165) is 11.1 Å². The maximum absolute atomic E-state index is 11.4. The third-order valence-corrected chi connectivity index (χ3v) is 3.38. The first-order chi connectivity index (χ1) is 11.0. The summed E-state index contributed by atoms with van der Waals surface area (Å²) in [5.74, 6) is -0.871. The van der Waals surface area contributed by atoms with Crippen LogP contribution in [0.15, 0.2) is 46.8 Å². The molecular weight excluding hydrogens is 296 g/mol. The molecule has 3 rings (SSSR count). The number of phenols is 1. The first-order valence-corrected chi connectivity index (χ1v) is 6.89. The Morgan fingerprint density at radius 1 is 1.17 bits per heavy atom. The molecule has 0 saturated carbocycles. The molecule has 2 aromatic heterocycles. The molecule has 116 valence electrons. The fourth-order valence-electron chi connectivity index (χ4n) is 2.23. The number of benzene rings is 1. The van der Waals surface area contributed by atoms with E-state index in [1.165, 1.54) is 6.07 Å². The second kappa shape index (κ2) is 5.53. The minimum absolute atomic E-state index is 0.137. The molecular formula is C16H14N4O3. The fourth-order valence-corrected chi connectivity index (χ4v) is 2.23. The van der Waals surface area contributed by atoms with Crippen LogP contribution in [0, 0.1) is 13.8 Å². The van der Waals surface area contributed by atoms with Crippen LogP contribution >= 0.6 is 0 Å². The summed E-state index contributed by atoms with van der Waals surface area (Å²) in [6.45, 7) is 3.68. The summed E-state index contributed by atoms with van der Waals surface area (Å²) in [4.78, 5) is 15.5. The highest BCUT2D eigenvalue weighted by molar-refractivity contribution is 5.91. The number of pyridine rings is 1. The Morgan fingerprint density at radius 2 is 1.96 bits per heavy atom. The lowest BCUT2D eigenvalue weighted by Crippen LogP contribution is -1.96. The van der Waals surface area contributed by atoms with Crippen LogP contribution in [-0.2, 0) is 0 Å². The molecule has 7 heteroatoms. The Hall–Kier alpha value is -3.22. The molecule has 0 aliphatic rings. The van der Waals surface area contributed by atoms with Crippen LogP contribution in [0.25, 0.3) is 5.65 Å². The zero-order valence-electron chi connectivity index (χ0n) is 12.6. The molecule has 23 heavy (non-hydrogen) atoms. The van der Waals surface area contributed by atoms with Gasteiger partial charge in [-0.05, 0) is 49.2 Å². The monoisotopic (exact) mass is 310 g/mol. The highest BCUT2D eigenvalue weighted by atomic mass is 16.4. The van der Waals surface area contributed by atoms with E-state index in [1.807, 2.05) is 13.0 Å². The van der Waals surface area contributed by atoms with Crippen LogP contribution in [0.2, 0.25) is 0 Å². The Labute approximate surface area is 131 Å². The lowest BCUT2D eigenvalue weighted by Gasteiger charge is -2.00. The average Bonchev–Trinajstić information content (AvgIpc) is 2.84. The van der Waals surface area contributed by atoms with Crippen LogP contribution in [0.3, 0.4) is 0 Å². The largest absolute Gasteiger partial charge is 0.508 e. The van der Waals surface area contributed by atoms with Gasteiger partial charge in [0.25, 0.3) is 0 Å². The summed E-state index contributed by atoms with van der Waals surface area (Å²) in [5.41, 5.74) is 2.56. The lowest BCUT2D eigenvalue weighted by molar-refractivity contribution is 0.0692. The van der Waals surface area contributed by atoms with Gasteiger partial charge >= 0.3 is 5.97 Å². The number of aromatic carboxylic acids is 1. The maximum Gasteiger partial charge on any atom is 0.358 e. The van der Waals surface area contributed by atoms with Crippen molar-refractivity contribution in [2.45, 2.75) is 13.8 Å². The summed E-state index contributed by atoms with van der Waals surface area (Å²) >= 11 is 0. The molecule has 0 atom stereocenters. The van der Waals surface area contributed by atoms with Gasteiger partial charge in [-0.2, -0.15) is 0 Å². The molecule has 1 aromatic carbocycles. The summed E-state index contributed by atoms with van der Waals surface area (Å²) in [5, 5.41) is 26.9. The second-order valence-electron chi connectivity index (χ2n) is 5.19. The van der Waals surface area contributed by atoms with Crippen LogP contribution < -0.4 is 0 Å². The topological polar surface area (TPSA) is 99.5 Å². The van der Waals surface area contributed by atoms with Crippen molar-refractivity contribution in [2.75, 3.05) is 0 Å². The number of hydrogen-bond acceptors (Lipinski definition) is 5. The highest BCUT2D eigenvalue weighted by Crippen LogP contribution is 2.27. The molecule has 0 bridgehead atoms. The Kier molecular flexibility index (Phi) is 3.53. The van der Waals surface area contributed by atoms with E-state index in [0.29, 0.717) is 11.3 Å². The predicted octanol–water partition coefficient (Wildman–Crippen LogP) is 3.77. The summed E-state index contributed by atoms with van der Waals surface area (Å²) < 4.78 is 1.60. The van der Waals surface area contributed by atoms with Crippen LogP contribution in [0.5, 0.6) is 5.75 Å². The molecule has 0 radical (unpaired) electrons. The van der Waals surface area contributed by atoms with E-state index in [-0.39, 0.29) is 17.3 Å². The second-order valence-corrected chi connectivity index (χ2v) is 5.19. The van der Waals surface area contributed by atoms with Crippen molar-refractivity contribution in [3.05, 3.63) is 53.3 Å². The molecule has 0 amide bonds. The van der Waals surface area contributed by atoms with Gasteiger partial charge in [0.05, 0.1) is 5.69 Å². The number of carboxylic acid groups (broad SMARTS) is 1. The van der Waals surface area contributed by atoms with E-state index in [9.17, 15) is 15.0 Å². The fraction of sp³-hybridized carbons (Fsp3) is 0.125. The summed E-state index contributed by atoms with van der Waals surface area (Å²) in [6.07, 6.45) is 1.76. The molecule has 0 unspecified atom stereocenters. The molecule has 3 aromatic rings. The van der Waals surface area contributed by atoms with Crippen molar-refractivity contribution in [1.82, 2.24) is 9.38 Å². The average molecular weight is 310 g/mol. The summed E-state index contributed by atoms with van der Waals surface area (Å²) in [7, 11) is 0. The number of hydrogen-bond donors (Lipinski definition) is 2. The molecule has 0 spiro atoms. The minimum atomic E-state index is -1.16. The van der Waals surface area contributed by atoms with Crippen molar-refractivity contribution < 1.29 is 15.0 Å². The van der Waals surface area contributed by atoms with Crippen molar-refractivity contribution in [3.8, 4) is 5.75 Å². The Balaban J connectivity index is 2.14. The maximum atomic E-state index is 11.4. The number of aromatic nitrogens is 2. The molecule has 0 aliphatic carbocycles. The van der Waals surface area contributed by atoms with Gasteiger partial charge in [0.2, 0.25) is 0 Å². The third kappa shape index (κ3) is 2.76. The van der Waals surface area contributed by atoms with E-state index >= 15 is 0 Å². The first-order valence-electron chi connectivity index (χ1n) is 6.89. The number of azo groups is 1. The zero-order chi connectivity index (χ0) is 16.6. The predicted molar refractivity (Wildman–Crippen MR) is 83.9 cm³/mol. The molecule has 7 nitrogen and oxygen atoms in total. The minimum Gasteiger partial charge on any atom is -0.508 e. The number of carboxylic acids is 1. The van der Waals surface area contributed by atoms with Gasteiger partial charge < -0.3 is 10.2 Å². The molecule has 0 fully saturated rings. The normalized spacial score (nSPS) is 11.4. The smallest absolute Gasteiger partial charge is 0.358 e. The Morgan fingerprint density at radius 3 is 2.65 bits per heavy atom. The molecule has 2 heterocycles. The number of phenolic OH excluding ortho intramolecular Hbond substituents is 1. The van der Waals surface area contributed by atoms with Crippen LogP contribution in [0.4, 0.5) is 11.5 Å². The quantitative estimate of drug-likeness (QED) is 0.719. The van der Waals surface area contributed by atoms with Crippen molar-refractivity contribution in [3.63, 3.8) is 0 Å². The van der Waals surface area contributed by atoms with Gasteiger partial charge in [-0.3, -0.25) is 4.40 Å². The number of aryl methyl sites for hydroxylation is 2. The van der Waals surface area contributed by atoms with Crippen molar-refractivity contribution >= 4 is 23.1 Å². The van der Waals surface area contributed by atoms with Crippen LogP contribution in [0.1, 0.15) is 21.6 Å². The SMILES string of the molecule is Cc1ccc2nc(C(=O)O)c(N=Nc3ccc(O)cc3C)n2c1. The van der Waals surface area contributed by atoms with Gasteiger partial charge in [0.15, 0.2) is 11.5 Å². The number of aromatic hydroxyl groups is 1. The van der Waals surface area contributed by atoms with Gasteiger partial charge in [0, 0.05) is 6.20 Å². The van der Waals surface area contributed by atoms with Gasteiger partial charge in [-0.15, -0.1) is 10.2 Å². The highest BCUT2D eigenvalue weighted by Gasteiger charge is 2.18. The Bertz CT molecular complexity index is 944. The number of carbonyl (C=O) groups is 1. The molecule has 0 saturated heterocycles. The summed E-state index contributed by atoms with van der Waals surface area (Å²) in [6, 6.07) is 8.25. The molecule has 2 N–H and O–H groups in total. The van der Waals surface area contributed by atoms with Crippen molar-refractivity contribution in [1.29, 1.82) is 0 Å². The zero-order valence-corrected chi connectivity index (χ0v) is 12.6. The van der Waals surface area contributed by atoms with E-state index in [4.69, 9.17) is 0 Å². The van der Waals surface area contributed by atoms with E-state index in [1.54, 1.807) is 35.7 Å². The van der Waals surface area contributed by atoms with Gasteiger partial charge in [-0.25, -0.2) is 9.78 Å². The first kappa shape index (κ1) is 14.7. The number of imidazole rings is 1. The number of nitrogens with zero attached hydrogens (tertiary/aromatic N) is 4. The third-order valence-electron chi connectivity index (χ3n) is 3.38. The number of rotatable bonds is 3. The van der Waals surface area contributed by atoms with Gasteiger partial charge in [-0.1, -0.05) is 6.07 Å². The lowest BCUT2D eigenvalue weighted by atomic mass is 10.2. The van der Waals surface area contributed by atoms with Gasteiger partial charge in [0.1, 0.15) is 11.4 Å². The van der Waals surface area contributed by atoms with E-state index < -0.39 is 5.97 Å². The number of fused-ring (bicyclic) bond motifs is 1.